The van der Waals surface area contributed by atoms with Crippen molar-refractivity contribution in [3.05, 3.63) is 58.7 Å². The van der Waals surface area contributed by atoms with E-state index in [9.17, 15) is 9.59 Å². The fourth-order valence-corrected chi connectivity index (χ4v) is 3.37. The Hall–Kier alpha value is -2.82. The molecule has 5 nitrogen and oxygen atoms in total. The lowest BCUT2D eigenvalue weighted by Crippen LogP contribution is -2.19. The van der Waals surface area contributed by atoms with Crippen molar-refractivity contribution in [2.75, 3.05) is 19.5 Å². The van der Waals surface area contributed by atoms with Crippen molar-refractivity contribution in [3.63, 3.8) is 0 Å². The number of ether oxygens (including phenoxy) is 1. The zero-order valence-corrected chi connectivity index (χ0v) is 15.2. The molecule has 0 spiro atoms. The fraction of sp³-hybridized carbons (Fsp3) is 0.333. The predicted octanol–water partition coefficient (Wildman–Crippen LogP) is 3.11. The van der Waals surface area contributed by atoms with Crippen LogP contribution in [0.1, 0.15) is 39.9 Å². The number of amides is 2. The molecule has 0 fully saturated rings. The highest BCUT2D eigenvalue weighted by molar-refractivity contribution is 5.98. The molecule has 0 aromatic heterocycles. The number of anilines is 1. The van der Waals surface area contributed by atoms with Crippen LogP contribution in [0, 0.1) is 0 Å². The van der Waals surface area contributed by atoms with Gasteiger partial charge in [0.05, 0.1) is 19.2 Å². The summed E-state index contributed by atoms with van der Waals surface area (Å²) in [6.45, 7) is 0. The number of hydrogen-bond acceptors (Lipinski definition) is 3. The Morgan fingerprint density at radius 1 is 1.04 bits per heavy atom. The summed E-state index contributed by atoms with van der Waals surface area (Å²) in [6.07, 6.45) is 4.97. The van der Waals surface area contributed by atoms with Gasteiger partial charge in [0.2, 0.25) is 5.91 Å². The van der Waals surface area contributed by atoms with Crippen LogP contribution in [0.5, 0.6) is 5.75 Å². The Labute approximate surface area is 153 Å². The first-order valence-electron chi connectivity index (χ1n) is 8.91. The minimum absolute atomic E-state index is 0.131. The number of benzene rings is 2. The molecule has 3 rings (SSSR count). The Morgan fingerprint density at radius 3 is 2.54 bits per heavy atom. The number of rotatable bonds is 5. The second-order valence-corrected chi connectivity index (χ2v) is 6.53. The van der Waals surface area contributed by atoms with E-state index >= 15 is 0 Å². The highest BCUT2D eigenvalue weighted by Gasteiger charge is 2.14. The zero-order chi connectivity index (χ0) is 18.5. The van der Waals surface area contributed by atoms with Crippen LogP contribution in [0.15, 0.2) is 36.4 Å². The molecule has 0 saturated carbocycles. The van der Waals surface area contributed by atoms with Gasteiger partial charge in [0.25, 0.3) is 5.91 Å². The van der Waals surface area contributed by atoms with Crippen LogP contribution in [-0.2, 0) is 24.1 Å². The number of fused-ring (bicyclic) bond motifs is 1. The van der Waals surface area contributed by atoms with Crippen LogP contribution in [0.4, 0.5) is 5.69 Å². The van der Waals surface area contributed by atoms with Crippen molar-refractivity contribution in [3.8, 4) is 5.75 Å². The highest BCUT2D eigenvalue weighted by Crippen LogP contribution is 2.26. The van der Waals surface area contributed by atoms with Crippen molar-refractivity contribution < 1.29 is 14.3 Å². The lowest BCUT2D eigenvalue weighted by molar-refractivity contribution is -0.115. The highest BCUT2D eigenvalue weighted by atomic mass is 16.5. The van der Waals surface area contributed by atoms with E-state index in [1.807, 2.05) is 6.07 Å². The summed E-state index contributed by atoms with van der Waals surface area (Å²) >= 11 is 0. The SMILES string of the molecule is CNC(=O)c1ccc(OC)c(NC(=O)Cc2ccc3c(c2)CCCC3)c1. The van der Waals surface area contributed by atoms with Crippen LogP contribution in [0.3, 0.4) is 0 Å². The topological polar surface area (TPSA) is 67.4 Å². The van der Waals surface area contributed by atoms with Gasteiger partial charge in [-0.3, -0.25) is 9.59 Å². The molecule has 2 aromatic rings. The number of nitrogens with one attached hydrogen (secondary N) is 2. The third-order valence-electron chi connectivity index (χ3n) is 4.74. The number of hydrogen-bond donors (Lipinski definition) is 2. The quantitative estimate of drug-likeness (QED) is 0.869. The molecule has 2 aromatic carbocycles. The first-order valence-corrected chi connectivity index (χ1v) is 8.91. The lowest BCUT2D eigenvalue weighted by atomic mass is 9.90. The first-order chi connectivity index (χ1) is 12.6. The van der Waals surface area contributed by atoms with Gasteiger partial charge >= 0.3 is 0 Å². The van der Waals surface area contributed by atoms with E-state index in [-0.39, 0.29) is 11.8 Å². The van der Waals surface area contributed by atoms with Crippen LogP contribution >= 0.6 is 0 Å². The van der Waals surface area contributed by atoms with Gasteiger partial charge in [-0.2, -0.15) is 0 Å². The molecule has 1 aliphatic carbocycles. The van der Waals surface area contributed by atoms with Crippen LogP contribution in [0.25, 0.3) is 0 Å². The van der Waals surface area contributed by atoms with E-state index in [0.717, 1.165) is 18.4 Å². The number of aryl methyl sites for hydroxylation is 2. The Morgan fingerprint density at radius 2 is 1.81 bits per heavy atom. The summed E-state index contributed by atoms with van der Waals surface area (Å²) in [6, 6.07) is 11.3. The van der Waals surface area contributed by atoms with E-state index in [2.05, 4.69) is 22.8 Å². The molecular formula is C21H24N2O3. The maximum atomic E-state index is 12.5. The third-order valence-corrected chi connectivity index (χ3v) is 4.74. The van der Waals surface area contributed by atoms with E-state index in [4.69, 9.17) is 4.74 Å². The molecule has 0 atom stereocenters. The average molecular weight is 352 g/mol. The van der Waals surface area contributed by atoms with Gasteiger partial charge in [-0.25, -0.2) is 0 Å². The largest absolute Gasteiger partial charge is 0.495 e. The molecule has 0 saturated heterocycles. The van der Waals surface area contributed by atoms with Crippen molar-refractivity contribution in [1.29, 1.82) is 0 Å². The van der Waals surface area contributed by atoms with Gasteiger partial charge in [-0.1, -0.05) is 18.2 Å². The van der Waals surface area contributed by atoms with E-state index < -0.39 is 0 Å². The fourth-order valence-electron chi connectivity index (χ4n) is 3.37. The minimum Gasteiger partial charge on any atom is -0.495 e. The Balaban J connectivity index is 1.74. The van der Waals surface area contributed by atoms with Gasteiger partial charge in [0.1, 0.15) is 5.75 Å². The van der Waals surface area contributed by atoms with Gasteiger partial charge in [-0.05, 0) is 60.6 Å². The van der Waals surface area contributed by atoms with E-state index in [1.165, 1.54) is 31.1 Å². The molecule has 0 aliphatic heterocycles. The van der Waals surface area contributed by atoms with Crippen molar-refractivity contribution in [1.82, 2.24) is 5.32 Å². The third kappa shape index (κ3) is 4.04. The Bertz CT molecular complexity index is 830. The van der Waals surface area contributed by atoms with Crippen molar-refractivity contribution in [2.45, 2.75) is 32.1 Å². The van der Waals surface area contributed by atoms with Crippen LogP contribution in [0.2, 0.25) is 0 Å². The number of methoxy groups -OCH3 is 1. The van der Waals surface area contributed by atoms with Crippen LogP contribution < -0.4 is 15.4 Å². The normalized spacial score (nSPS) is 12.8. The Kier molecular flexibility index (Phi) is 5.56. The maximum absolute atomic E-state index is 12.5. The summed E-state index contributed by atoms with van der Waals surface area (Å²) in [4.78, 5) is 24.3. The van der Waals surface area contributed by atoms with E-state index in [0.29, 0.717) is 23.4 Å². The average Bonchev–Trinajstić information content (AvgIpc) is 2.67. The van der Waals surface area contributed by atoms with Gasteiger partial charge < -0.3 is 15.4 Å². The second kappa shape index (κ2) is 8.04. The molecule has 136 valence electrons. The first kappa shape index (κ1) is 18.0. The molecule has 0 heterocycles. The molecule has 2 amide bonds. The molecule has 0 bridgehead atoms. The summed E-state index contributed by atoms with van der Waals surface area (Å²) in [5.74, 6) is 0.183. The van der Waals surface area contributed by atoms with Gasteiger partial charge in [0, 0.05) is 12.6 Å². The summed E-state index contributed by atoms with van der Waals surface area (Å²) in [5, 5.41) is 5.44. The molecule has 5 heteroatoms. The van der Waals surface area contributed by atoms with Crippen molar-refractivity contribution >= 4 is 17.5 Å². The van der Waals surface area contributed by atoms with Crippen LogP contribution in [-0.4, -0.2) is 26.0 Å². The molecule has 0 unspecified atom stereocenters. The standard InChI is InChI=1S/C21H24N2O3/c1-22-21(25)17-9-10-19(26-2)18(13-17)23-20(24)12-14-7-8-15-5-3-4-6-16(15)11-14/h7-11,13H,3-6,12H2,1-2H3,(H,22,25)(H,23,24). The summed E-state index contributed by atoms with van der Waals surface area (Å²) < 4.78 is 5.29. The van der Waals surface area contributed by atoms with Gasteiger partial charge in [0.15, 0.2) is 0 Å². The van der Waals surface area contributed by atoms with Gasteiger partial charge in [-0.15, -0.1) is 0 Å². The molecule has 0 radical (unpaired) electrons. The molecular weight excluding hydrogens is 328 g/mol. The minimum atomic E-state index is -0.210. The number of carbonyl (C=O) groups excluding carboxylic acids is 2. The lowest BCUT2D eigenvalue weighted by Gasteiger charge is -2.17. The summed E-state index contributed by atoms with van der Waals surface area (Å²) in [5.41, 5.74) is 4.74. The smallest absolute Gasteiger partial charge is 0.251 e. The summed E-state index contributed by atoms with van der Waals surface area (Å²) in [7, 11) is 3.11. The van der Waals surface area contributed by atoms with Crippen molar-refractivity contribution in [2.24, 2.45) is 0 Å². The predicted molar refractivity (Wildman–Crippen MR) is 102 cm³/mol. The molecule has 26 heavy (non-hydrogen) atoms. The van der Waals surface area contributed by atoms with E-state index in [1.54, 1.807) is 25.2 Å². The number of carbonyl (C=O) groups is 2. The monoisotopic (exact) mass is 352 g/mol. The zero-order valence-electron chi connectivity index (χ0n) is 15.2. The molecule has 2 N–H and O–H groups in total. The maximum Gasteiger partial charge on any atom is 0.251 e. The molecule has 1 aliphatic rings. The second-order valence-electron chi connectivity index (χ2n) is 6.53.